The second kappa shape index (κ2) is 9.27. The lowest BCUT2D eigenvalue weighted by molar-refractivity contribution is 0.0943. The van der Waals surface area contributed by atoms with E-state index in [1.165, 1.54) is 42.2 Å². The summed E-state index contributed by atoms with van der Waals surface area (Å²) in [6.07, 6.45) is 11.2. The molecule has 0 saturated carbocycles. The largest absolute Gasteiger partial charge is 0.327 e. The number of H-pyrrole nitrogens is 1. The number of nitrogens with zero attached hydrogens (tertiary/aromatic N) is 3. The van der Waals surface area contributed by atoms with Gasteiger partial charge in [-0.15, -0.1) is 0 Å². The average molecular weight is 445 g/mol. The number of Topliss-reactive ketones (excluding diaryl/α,β-unsaturated/α-hetero) is 1. The molecule has 0 amide bonds. The van der Waals surface area contributed by atoms with Crippen LogP contribution in [0.25, 0.3) is 5.57 Å². The number of piperidine rings is 1. The molecule has 0 unspecified atom stereocenters. The first-order chi connectivity index (χ1) is 15.7. The average Bonchev–Trinajstić information content (AvgIpc) is 3.30. The molecule has 1 aliphatic carbocycles. The Kier molecular flexibility index (Phi) is 6.59. The molecule has 4 rings (SSSR count). The van der Waals surface area contributed by atoms with E-state index < -0.39 is 0 Å². The lowest BCUT2D eigenvalue weighted by atomic mass is 9.75. The molecule has 1 aliphatic heterocycles. The fourth-order valence-electron chi connectivity index (χ4n) is 5.14. The fraction of sp³-hybridized carbons (Fsp3) is 0.536. The van der Waals surface area contributed by atoms with Crippen molar-refractivity contribution in [2.75, 3.05) is 13.1 Å². The highest BCUT2D eigenvalue weighted by Gasteiger charge is 2.31. The van der Waals surface area contributed by atoms with Gasteiger partial charge in [0, 0.05) is 12.0 Å². The molecule has 33 heavy (non-hydrogen) atoms. The molecule has 2 aromatic rings. The smallest absolute Gasteiger partial charge is 0.202 e. The minimum atomic E-state index is -0.0856. The number of carbonyl (C=O) groups is 1. The maximum atomic E-state index is 13.0. The van der Waals surface area contributed by atoms with Crippen LogP contribution < -0.4 is 0 Å². The molecule has 1 saturated heterocycles. The van der Waals surface area contributed by atoms with Gasteiger partial charge in [-0.2, -0.15) is 5.26 Å². The first-order valence-corrected chi connectivity index (χ1v) is 12.3. The summed E-state index contributed by atoms with van der Waals surface area (Å²) >= 11 is 0. The molecule has 1 fully saturated rings. The number of likely N-dealkylation sites (tertiary alicyclic amines) is 1. The molecule has 0 atom stereocenters. The number of rotatable bonds is 6. The topological polar surface area (TPSA) is 72.8 Å². The number of hydrogen-bond donors (Lipinski definition) is 1. The Bertz CT molecular complexity index is 1090. The van der Waals surface area contributed by atoms with Crippen LogP contribution in [0.1, 0.15) is 99.2 Å². The molecule has 0 spiro atoms. The Morgan fingerprint density at radius 1 is 1.24 bits per heavy atom. The van der Waals surface area contributed by atoms with Crippen LogP contribution in [0.5, 0.6) is 0 Å². The first-order valence-electron chi connectivity index (χ1n) is 12.3. The number of nitriles is 1. The zero-order valence-electron chi connectivity index (χ0n) is 20.5. The van der Waals surface area contributed by atoms with Crippen molar-refractivity contribution < 1.29 is 4.79 Å². The second-order valence-electron chi connectivity index (χ2n) is 10.9. The molecule has 5 heteroatoms. The number of allylic oxidation sites excluding steroid dienone is 2. The van der Waals surface area contributed by atoms with Crippen molar-refractivity contribution in [3.63, 3.8) is 0 Å². The number of ketones is 1. The van der Waals surface area contributed by atoms with E-state index in [0.717, 1.165) is 37.9 Å². The molecule has 1 N–H and O–H groups in total. The van der Waals surface area contributed by atoms with Crippen molar-refractivity contribution in [2.24, 2.45) is 5.41 Å². The quantitative estimate of drug-likeness (QED) is 0.553. The van der Waals surface area contributed by atoms with Gasteiger partial charge in [0.15, 0.2) is 5.82 Å². The maximum Gasteiger partial charge on any atom is 0.202 e. The predicted molar refractivity (Wildman–Crippen MR) is 132 cm³/mol. The van der Waals surface area contributed by atoms with Gasteiger partial charge in [-0.05, 0) is 92.8 Å². The number of aromatic nitrogens is 2. The summed E-state index contributed by atoms with van der Waals surface area (Å²) in [4.78, 5) is 22.5. The van der Waals surface area contributed by atoms with Crippen molar-refractivity contribution in [2.45, 2.75) is 78.2 Å². The summed E-state index contributed by atoms with van der Waals surface area (Å²) in [7, 11) is 0. The predicted octanol–water partition coefficient (Wildman–Crippen LogP) is 6.02. The SMILES string of the molecule is CC1(C)CC=C(c2cc(C(C)(C)N3CCCCC3)ccc2CC(=O)c2ncc(C#N)[nH]2)CC1. The number of hydrogen-bond acceptors (Lipinski definition) is 4. The summed E-state index contributed by atoms with van der Waals surface area (Å²) < 4.78 is 0. The minimum Gasteiger partial charge on any atom is -0.327 e. The van der Waals surface area contributed by atoms with Crippen molar-refractivity contribution >= 4 is 11.4 Å². The Morgan fingerprint density at radius 2 is 2.00 bits per heavy atom. The van der Waals surface area contributed by atoms with Gasteiger partial charge in [-0.3, -0.25) is 9.69 Å². The van der Waals surface area contributed by atoms with Crippen molar-refractivity contribution in [3.05, 3.63) is 58.7 Å². The lowest BCUT2D eigenvalue weighted by Gasteiger charge is -2.42. The van der Waals surface area contributed by atoms with Gasteiger partial charge in [-0.25, -0.2) is 4.98 Å². The molecule has 2 aliphatic rings. The van der Waals surface area contributed by atoms with E-state index in [4.69, 9.17) is 5.26 Å². The van der Waals surface area contributed by atoms with Crippen molar-refractivity contribution in [1.29, 1.82) is 5.26 Å². The third kappa shape index (κ3) is 5.12. The number of benzene rings is 1. The van der Waals surface area contributed by atoms with Gasteiger partial charge in [0.25, 0.3) is 0 Å². The molecular weight excluding hydrogens is 408 g/mol. The Hall–Kier alpha value is -2.71. The molecule has 174 valence electrons. The van der Waals surface area contributed by atoms with Crippen LogP contribution in [0.4, 0.5) is 0 Å². The van der Waals surface area contributed by atoms with Crippen LogP contribution in [-0.4, -0.2) is 33.7 Å². The highest BCUT2D eigenvalue weighted by Crippen LogP contribution is 2.40. The molecule has 5 nitrogen and oxygen atoms in total. The Labute approximate surface area is 197 Å². The van der Waals surface area contributed by atoms with Crippen molar-refractivity contribution in [1.82, 2.24) is 14.9 Å². The minimum absolute atomic E-state index is 0.0467. The monoisotopic (exact) mass is 444 g/mol. The van der Waals surface area contributed by atoms with Crippen LogP contribution in [0, 0.1) is 16.7 Å². The zero-order chi connectivity index (χ0) is 23.6. The third-order valence-electron chi connectivity index (χ3n) is 7.59. The van der Waals surface area contributed by atoms with Crippen LogP contribution in [-0.2, 0) is 12.0 Å². The third-order valence-corrected chi connectivity index (χ3v) is 7.59. The molecule has 0 radical (unpaired) electrons. The van der Waals surface area contributed by atoms with E-state index in [9.17, 15) is 4.79 Å². The van der Waals surface area contributed by atoms with Crippen LogP contribution in [0.3, 0.4) is 0 Å². The lowest BCUT2D eigenvalue weighted by Crippen LogP contribution is -2.44. The summed E-state index contributed by atoms with van der Waals surface area (Å²) in [5.41, 5.74) is 5.50. The van der Waals surface area contributed by atoms with E-state index in [0.29, 0.717) is 11.1 Å². The molecule has 2 heterocycles. The Morgan fingerprint density at radius 3 is 2.64 bits per heavy atom. The fourth-order valence-corrected chi connectivity index (χ4v) is 5.14. The van der Waals surface area contributed by atoms with Gasteiger partial charge in [0.2, 0.25) is 5.78 Å². The standard InChI is InChI=1S/C28H36N4O/c1-27(2)12-10-20(11-13-27)24-17-22(28(3,4)32-14-6-5-7-15-32)9-8-21(24)16-25(33)26-30-19-23(18-29)31-26/h8-10,17,19H,5-7,11-16H2,1-4H3,(H,30,31). The van der Waals surface area contributed by atoms with Gasteiger partial charge >= 0.3 is 0 Å². The number of aromatic amines is 1. The van der Waals surface area contributed by atoms with E-state index in [1.807, 2.05) is 6.07 Å². The highest BCUT2D eigenvalue weighted by molar-refractivity contribution is 5.95. The van der Waals surface area contributed by atoms with Gasteiger partial charge < -0.3 is 4.98 Å². The van der Waals surface area contributed by atoms with Gasteiger partial charge in [0.1, 0.15) is 11.8 Å². The van der Waals surface area contributed by atoms with Gasteiger partial charge in [0.05, 0.1) is 6.20 Å². The first kappa shape index (κ1) is 23.4. The molecule has 1 aromatic heterocycles. The van der Waals surface area contributed by atoms with Crippen LogP contribution in [0.15, 0.2) is 30.5 Å². The maximum absolute atomic E-state index is 13.0. The normalized spacial score (nSPS) is 19.1. The van der Waals surface area contributed by atoms with E-state index >= 15 is 0 Å². The van der Waals surface area contributed by atoms with E-state index in [2.05, 4.69) is 66.8 Å². The summed E-state index contributed by atoms with van der Waals surface area (Å²) in [5, 5.41) is 9.05. The van der Waals surface area contributed by atoms with Crippen LogP contribution in [0.2, 0.25) is 0 Å². The molecule has 0 bridgehead atoms. The zero-order valence-corrected chi connectivity index (χ0v) is 20.5. The Balaban J connectivity index is 1.69. The number of carbonyl (C=O) groups excluding carboxylic acids is 1. The molecular formula is C28H36N4O. The highest BCUT2D eigenvalue weighted by atomic mass is 16.1. The number of nitrogens with one attached hydrogen (secondary N) is 1. The molecule has 1 aromatic carbocycles. The van der Waals surface area contributed by atoms with Crippen molar-refractivity contribution in [3.8, 4) is 6.07 Å². The summed E-state index contributed by atoms with van der Waals surface area (Å²) in [6.45, 7) is 11.6. The van der Waals surface area contributed by atoms with E-state index in [1.54, 1.807) is 0 Å². The second-order valence-corrected chi connectivity index (χ2v) is 10.9. The van der Waals surface area contributed by atoms with E-state index in [-0.39, 0.29) is 23.6 Å². The van der Waals surface area contributed by atoms with Crippen LogP contribution >= 0.6 is 0 Å². The number of imidazole rings is 1. The summed E-state index contributed by atoms with van der Waals surface area (Å²) in [5.74, 6) is 0.173. The summed E-state index contributed by atoms with van der Waals surface area (Å²) in [6, 6.07) is 8.69. The van der Waals surface area contributed by atoms with Gasteiger partial charge in [-0.1, -0.05) is 38.5 Å².